The highest BCUT2D eigenvalue weighted by Gasteiger charge is 2.15. The van der Waals surface area contributed by atoms with Crippen molar-refractivity contribution in [2.24, 2.45) is 0 Å². The molecule has 0 fully saturated rings. The molecule has 0 amide bonds. The highest BCUT2D eigenvalue weighted by atomic mass is 16.6. The molecule has 1 aromatic heterocycles. The average molecular weight is 262 g/mol. The van der Waals surface area contributed by atoms with Gasteiger partial charge in [0.2, 0.25) is 0 Å². The van der Waals surface area contributed by atoms with Crippen LogP contribution in [0.2, 0.25) is 0 Å². The molecule has 1 atom stereocenters. The van der Waals surface area contributed by atoms with E-state index < -0.39 is 4.92 Å². The maximum absolute atomic E-state index is 10.6. The molecule has 8 heteroatoms. The Kier molecular flexibility index (Phi) is 3.81. The molecule has 1 heterocycles. The molecule has 0 aliphatic carbocycles. The first kappa shape index (κ1) is 13.1. The highest BCUT2D eigenvalue weighted by molar-refractivity contribution is 5.40. The molecule has 2 rings (SSSR count). The first-order valence-electron chi connectivity index (χ1n) is 5.90. The van der Waals surface area contributed by atoms with Crippen molar-refractivity contribution in [3.05, 3.63) is 40.2 Å². The van der Waals surface area contributed by atoms with E-state index in [2.05, 4.69) is 20.8 Å². The standard InChI is InChI=1S/C11H14N6O2/c1-3-12-8(2)11-13-14-15-16(11)9-4-6-10(7-5-9)17(18)19/h4-8,12H,3H2,1-2H3. The Balaban J connectivity index is 2.32. The molecular weight excluding hydrogens is 248 g/mol. The Morgan fingerprint density at radius 3 is 2.68 bits per heavy atom. The van der Waals surface area contributed by atoms with Crippen molar-refractivity contribution < 1.29 is 4.92 Å². The lowest BCUT2D eigenvalue weighted by Gasteiger charge is -2.11. The molecule has 8 nitrogen and oxygen atoms in total. The summed E-state index contributed by atoms with van der Waals surface area (Å²) in [5, 5.41) is 25.4. The van der Waals surface area contributed by atoms with Gasteiger partial charge in [-0.05, 0) is 36.0 Å². The molecular formula is C11H14N6O2. The van der Waals surface area contributed by atoms with Gasteiger partial charge in [0.25, 0.3) is 5.69 Å². The summed E-state index contributed by atoms with van der Waals surface area (Å²) >= 11 is 0. The molecule has 0 bridgehead atoms. The minimum Gasteiger partial charge on any atom is -0.308 e. The van der Waals surface area contributed by atoms with Gasteiger partial charge in [0.1, 0.15) is 0 Å². The Morgan fingerprint density at radius 2 is 2.11 bits per heavy atom. The summed E-state index contributed by atoms with van der Waals surface area (Å²) < 4.78 is 1.57. The molecule has 0 radical (unpaired) electrons. The van der Waals surface area contributed by atoms with Crippen LogP contribution in [0, 0.1) is 10.1 Å². The van der Waals surface area contributed by atoms with Crippen molar-refractivity contribution >= 4 is 5.69 Å². The van der Waals surface area contributed by atoms with Gasteiger partial charge in [0, 0.05) is 12.1 Å². The average Bonchev–Trinajstić information content (AvgIpc) is 2.88. The minimum absolute atomic E-state index is 0.00445. The fourth-order valence-electron chi connectivity index (χ4n) is 1.76. The quantitative estimate of drug-likeness (QED) is 0.643. The predicted octanol–water partition coefficient (Wildman–Crippen LogP) is 1.24. The van der Waals surface area contributed by atoms with Crippen LogP contribution in [0.4, 0.5) is 5.69 Å². The first-order valence-corrected chi connectivity index (χ1v) is 5.90. The summed E-state index contributed by atoms with van der Waals surface area (Å²) in [6, 6.07) is 6.10. The van der Waals surface area contributed by atoms with E-state index >= 15 is 0 Å². The predicted molar refractivity (Wildman–Crippen MR) is 67.9 cm³/mol. The van der Waals surface area contributed by atoms with Gasteiger partial charge >= 0.3 is 0 Å². The third-order valence-electron chi connectivity index (χ3n) is 2.70. The SMILES string of the molecule is CCNC(C)c1nnnn1-c1ccc([N+](=O)[O-])cc1. The fraction of sp³-hybridized carbons (Fsp3) is 0.364. The Morgan fingerprint density at radius 1 is 1.42 bits per heavy atom. The van der Waals surface area contributed by atoms with Gasteiger partial charge in [0.05, 0.1) is 16.7 Å². The molecule has 2 aromatic rings. The third kappa shape index (κ3) is 2.74. The molecule has 1 aromatic carbocycles. The van der Waals surface area contributed by atoms with Gasteiger partial charge in [-0.1, -0.05) is 6.92 Å². The first-order chi connectivity index (χ1) is 9.13. The summed E-state index contributed by atoms with van der Waals surface area (Å²) in [4.78, 5) is 10.2. The van der Waals surface area contributed by atoms with Crippen molar-refractivity contribution in [3.8, 4) is 5.69 Å². The zero-order valence-corrected chi connectivity index (χ0v) is 10.6. The van der Waals surface area contributed by atoms with Crippen LogP contribution < -0.4 is 5.32 Å². The maximum atomic E-state index is 10.6. The maximum Gasteiger partial charge on any atom is 0.269 e. The number of tetrazole rings is 1. The van der Waals surface area contributed by atoms with E-state index in [1.807, 2.05) is 13.8 Å². The zero-order valence-electron chi connectivity index (χ0n) is 10.6. The van der Waals surface area contributed by atoms with Crippen LogP contribution >= 0.6 is 0 Å². The summed E-state index contributed by atoms with van der Waals surface area (Å²) in [5.41, 5.74) is 0.730. The number of nitro groups is 1. The van der Waals surface area contributed by atoms with Crippen LogP contribution in [0.1, 0.15) is 25.7 Å². The van der Waals surface area contributed by atoms with E-state index in [0.717, 1.165) is 6.54 Å². The van der Waals surface area contributed by atoms with E-state index in [-0.39, 0.29) is 11.7 Å². The highest BCUT2D eigenvalue weighted by Crippen LogP contribution is 2.17. The Labute approximate surface area is 109 Å². The third-order valence-corrected chi connectivity index (χ3v) is 2.70. The molecule has 0 aliphatic rings. The molecule has 0 saturated heterocycles. The number of nitrogens with one attached hydrogen (secondary N) is 1. The topological polar surface area (TPSA) is 98.8 Å². The number of hydrogen-bond acceptors (Lipinski definition) is 6. The normalized spacial score (nSPS) is 12.3. The van der Waals surface area contributed by atoms with Crippen LogP contribution in [0.25, 0.3) is 5.69 Å². The van der Waals surface area contributed by atoms with Crippen molar-refractivity contribution in [2.45, 2.75) is 19.9 Å². The number of nitro benzene ring substituents is 1. The fourth-order valence-corrected chi connectivity index (χ4v) is 1.76. The molecule has 1 unspecified atom stereocenters. The van der Waals surface area contributed by atoms with Crippen molar-refractivity contribution in [1.82, 2.24) is 25.5 Å². The smallest absolute Gasteiger partial charge is 0.269 e. The summed E-state index contributed by atoms with van der Waals surface area (Å²) in [6.45, 7) is 4.75. The number of non-ortho nitro benzene ring substituents is 1. The van der Waals surface area contributed by atoms with Gasteiger partial charge < -0.3 is 5.32 Å². The van der Waals surface area contributed by atoms with Crippen molar-refractivity contribution in [2.75, 3.05) is 6.54 Å². The minimum atomic E-state index is -0.439. The molecule has 0 spiro atoms. The largest absolute Gasteiger partial charge is 0.308 e. The van der Waals surface area contributed by atoms with Gasteiger partial charge in [-0.25, -0.2) is 0 Å². The second-order valence-electron chi connectivity index (χ2n) is 4.00. The van der Waals surface area contributed by atoms with Gasteiger partial charge in [-0.15, -0.1) is 5.10 Å². The summed E-state index contributed by atoms with van der Waals surface area (Å²) in [6.07, 6.45) is 0. The lowest BCUT2D eigenvalue weighted by Crippen LogP contribution is -2.21. The van der Waals surface area contributed by atoms with Crippen molar-refractivity contribution in [1.29, 1.82) is 0 Å². The zero-order chi connectivity index (χ0) is 13.8. The lowest BCUT2D eigenvalue weighted by molar-refractivity contribution is -0.384. The molecule has 19 heavy (non-hydrogen) atoms. The van der Waals surface area contributed by atoms with Crippen LogP contribution in [0.15, 0.2) is 24.3 Å². The molecule has 1 N–H and O–H groups in total. The van der Waals surface area contributed by atoms with Crippen LogP contribution in [0.5, 0.6) is 0 Å². The van der Waals surface area contributed by atoms with E-state index in [1.165, 1.54) is 12.1 Å². The number of rotatable bonds is 5. The van der Waals surface area contributed by atoms with Crippen LogP contribution in [-0.4, -0.2) is 31.7 Å². The van der Waals surface area contributed by atoms with E-state index in [9.17, 15) is 10.1 Å². The van der Waals surface area contributed by atoms with Crippen molar-refractivity contribution in [3.63, 3.8) is 0 Å². The number of hydrogen-bond donors (Lipinski definition) is 1. The number of aromatic nitrogens is 4. The number of benzene rings is 1. The van der Waals surface area contributed by atoms with E-state index in [1.54, 1.807) is 16.8 Å². The van der Waals surface area contributed by atoms with Gasteiger partial charge in [0.15, 0.2) is 5.82 Å². The Hall–Kier alpha value is -2.35. The number of nitrogens with zero attached hydrogens (tertiary/aromatic N) is 5. The van der Waals surface area contributed by atoms with Crippen LogP contribution in [0.3, 0.4) is 0 Å². The monoisotopic (exact) mass is 262 g/mol. The summed E-state index contributed by atoms with van der Waals surface area (Å²) in [5.74, 6) is 0.663. The second-order valence-corrected chi connectivity index (χ2v) is 4.00. The lowest BCUT2D eigenvalue weighted by atomic mass is 10.2. The van der Waals surface area contributed by atoms with Gasteiger partial charge in [-0.3, -0.25) is 10.1 Å². The van der Waals surface area contributed by atoms with E-state index in [4.69, 9.17) is 0 Å². The molecule has 0 aliphatic heterocycles. The van der Waals surface area contributed by atoms with Gasteiger partial charge in [-0.2, -0.15) is 4.68 Å². The molecule has 100 valence electrons. The molecule has 0 saturated carbocycles. The Bertz CT molecular complexity index is 565. The van der Waals surface area contributed by atoms with Crippen LogP contribution in [-0.2, 0) is 0 Å². The van der Waals surface area contributed by atoms with E-state index in [0.29, 0.717) is 11.5 Å². The second kappa shape index (κ2) is 5.53. The summed E-state index contributed by atoms with van der Waals surface area (Å²) in [7, 11) is 0.